The van der Waals surface area contributed by atoms with Gasteiger partial charge in [0.15, 0.2) is 5.15 Å². The fourth-order valence-corrected chi connectivity index (χ4v) is 2.29. The molecule has 0 atom stereocenters. The molecule has 2 heterocycles. The van der Waals surface area contributed by atoms with Gasteiger partial charge in [0.2, 0.25) is 5.28 Å². The number of carbonyl (C=O) groups excluding carboxylic acids is 1. The number of hydrogen-bond donors (Lipinski definition) is 1. The zero-order valence-electron chi connectivity index (χ0n) is 10.3. The summed E-state index contributed by atoms with van der Waals surface area (Å²) in [5.41, 5.74) is 0.0973. The monoisotopic (exact) mass is 305 g/mol. The first kappa shape index (κ1) is 14.3. The van der Waals surface area contributed by atoms with Gasteiger partial charge in [-0.25, -0.2) is 9.78 Å². The van der Waals surface area contributed by atoms with E-state index in [0.717, 1.165) is 12.8 Å². The minimum atomic E-state index is -0.601. The van der Waals surface area contributed by atoms with E-state index in [0.29, 0.717) is 19.0 Å². The second kappa shape index (κ2) is 6.36. The average Bonchev–Trinajstić information content (AvgIpc) is 2.38. The molecule has 1 saturated heterocycles. The van der Waals surface area contributed by atoms with Crippen molar-refractivity contribution in [2.45, 2.75) is 18.9 Å². The molecule has 0 radical (unpaired) electrons. The van der Waals surface area contributed by atoms with Crippen molar-refractivity contribution in [2.24, 2.45) is 0 Å². The first-order chi connectivity index (χ1) is 9.11. The second-order valence-corrected chi connectivity index (χ2v) is 4.73. The van der Waals surface area contributed by atoms with Gasteiger partial charge in [0.05, 0.1) is 7.11 Å². The molecule has 104 valence electrons. The van der Waals surface area contributed by atoms with Crippen molar-refractivity contribution in [3.05, 3.63) is 16.0 Å². The summed E-state index contributed by atoms with van der Waals surface area (Å²) in [5.74, 6) is -0.306. The Bertz CT molecular complexity index is 478. The Morgan fingerprint density at radius 3 is 2.68 bits per heavy atom. The van der Waals surface area contributed by atoms with Gasteiger partial charge in [-0.2, -0.15) is 4.98 Å². The predicted molar refractivity (Wildman–Crippen MR) is 70.9 cm³/mol. The Morgan fingerprint density at radius 1 is 1.37 bits per heavy atom. The third-order valence-corrected chi connectivity index (χ3v) is 3.23. The molecule has 1 N–H and O–H groups in total. The van der Waals surface area contributed by atoms with E-state index in [-0.39, 0.29) is 22.0 Å². The zero-order chi connectivity index (χ0) is 13.8. The van der Waals surface area contributed by atoms with Crippen LogP contribution in [0.2, 0.25) is 10.4 Å². The first-order valence-electron chi connectivity index (χ1n) is 5.77. The van der Waals surface area contributed by atoms with Crippen molar-refractivity contribution in [3.63, 3.8) is 0 Å². The fourth-order valence-electron chi connectivity index (χ4n) is 1.83. The molecule has 8 heteroatoms. The highest BCUT2D eigenvalue weighted by Crippen LogP contribution is 2.25. The number of nitrogens with one attached hydrogen (secondary N) is 1. The Kier molecular flexibility index (Phi) is 4.79. The standard InChI is InChI=1S/C11H13Cl2N3O3/c1-18-10(17)7-8(12)15-11(13)16-9(7)14-6-2-4-19-5-3-6/h6H,2-5H2,1H3,(H,14,15,16). The molecule has 0 aromatic carbocycles. The van der Waals surface area contributed by atoms with E-state index in [1.54, 1.807) is 0 Å². The van der Waals surface area contributed by atoms with E-state index >= 15 is 0 Å². The lowest BCUT2D eigenvalue weighted by atomic mass is 10.1. The number of hydrogen-bond acceptors (Lipinski definition) is 6. The third-order valence-electron chi connectivity index (χ3n) is 2.79. The van der Waals surface area contributed by atoms with Crippen molar-refractivity contribution in [1.29, 1.82) is 0 Å². The van der Waals surface area contributed by atoms with Crippen molar-refractivity contribution < 1.29 is 14.3 Å². The van der Waals surface area contributed by atoms with Crippen molar-refractivity contribution in [3.8, 4) is 0 Å². The topological polar surface area (TPSA) is 73.3 Å². The van der Waals surface area contributed by atoms with Crippen LogP contribution in [0, 0.1) is 0 Å². The maximum atomic E-state index is 11.7. The largest absolute Gasteiger partial charge is 0.465 e. The van der Waals surface area contributed by atoms with Crippen LogP contribution in [0.4, 0.5) is 5.82 Å². The SMILES string of the molecule is COC(=O)c1c(Cl)nc(Cl)nc1NC1CCOCC1. The normalized spacial score (nSPS) is 16.2. The lowest BCUT2D eigenvalue weighted by molar-refractivity contribution is 0.0601. The van der Waals surface area contributed by atoms with Crippen LogP contribution >= 0.6 is 23.2 Å². The predicted octanol–water partition coefficient (Wildman–Crippen LogP) is 2.16. The quantitative estimate of drug-likeness (QED) is 0.524. The molecule has 2 rings (SSSR count). The van der Waals surface area contributed by atoms with Crippen LogP contribution in [0.3, 0.4) is 0 Å². The van der Waals surface area contributed by atoms with Crippen LogP contribution in [-0.4, -0.2) is 42.3 Å². The Balaban J connectivity index is 2.28. The number of rotatable bonds is 3. The van der Waals surface area contributed by atoms with Gasteiger partial charge in [-0.3, -0.25) is 0 Å². The molecule has 1 aromatic heterocycles. The molecular weight excluding hydrogens is 293 g/mol. The summed E-state index contributed by atoms with van der Waals surface area (Å²) >= 11 is 11.7. The number of halogens is 2. The molecule has 0 unspecified atom stereocenters. The number of esters is 1. The minimum Gasteiger partial charge on any atom is -0.465 e. The van der Waals surface area contributed by atoms with Crippen LogP contribution in [-0.2, 0) is 9.47 Å². The number of methoxy groups -OCH3 is 1. The number of anilines is 1. The molecule has 1 fully saturated rings. The molecule has 0 saturated carbocycles. The summed E-state index contributed by atoms with van der Waals surface area (Å²) in [4.78, 5) is 19.5. The summed E-state index contributed by atoms with van der Waals surface area (Å²) in [6.45, 7) is 1.33. The summed E-state index contributed by atoms with van der Waals surface area (Å²) in [6, 6.07) is 0.152. The molecular formula is C11H13Cl2N3O3. The van der Waals surface area contributed by atoms with E-state index in [1.807, 2.05) is 0 Å². The summed E-state index contributed by atoms with van der Waals surface area (Å²) in [6.07, 6.45) is 1.64. The van der Waals surface area contributed by atoms with Gasteiger partial charge in [0, 0.05) is 19.3 Å². The minimum absolute atomic E-state index is 0.0211. The van der Waals surface area contributed by atoms with Gasteiger partial charge in [-0.1, -0.05) is 11.6 Å². The smallest absolute Gasteiger partial charge is 0.344 e. The van der Waals surface area contributed by atoms with Crippen molar-refractivity contribution in [1.82, 2.24) is 9.97 Å². The lowest BCUT2D eigenvalue weighted by Gasteiger charge is -2.24. The van der Waals surface area contributed by atoms with E-state index in [9.17, 15) is 4.79 Å². The van der Waals surface area contributed by atoms with Gasteiger partial charge in [0.1, 0.15) is 11.4 Å². The maximum Gasteiger partial charge on any atom is 0.344 e. The van der Waals surface area contributed by atoms with Gasteiger partial charge in [-0.05, 0) is 24.4 Å². The van der Waals surface area contributed by atoms with Crippen LogP contribution in [0.15, 0.2) is 0 Å². The Hall–Kier alpha value is -1.11. The van der Waals surface area contributed by atoms with E-state index in [4.69, 9.17) is 27.9 Å². The van der Waals surface area contributed by atoms with E-state index < -0.39 is 5.97 Å². The summed E-state index contributed by atoms with van der Waals surface area (Å²) in [7, 11) is 1.27. The van der Waals surface area contributed by atoms with Crippen LogP contribution in [0.5, 0.6) is 0 Å². The fraction of sp³-hybridized carbons (Fsp3) is 0.545. The molecule has 6 nitrogen and oxygen atoms in total. The zero-order valence-corrected chi connectivity index (χ0v) is 11.8. The highest BCUT2D eigenvalue weighted by atomic mass is 35.5. The average molecular weight is 306 g/mol. The summed E-state index contributed by atoms with van der Waals surface area (Å²) < 4.78 is 9.94. The molecule has 1 aliphatic heterocycles. The number of nitrogens with zero attached hydrogens (tertiary/aromatic N) is 2. The van der Waals surface area contributed by atoms with Crippen LogP contribution in [0.25, 0.3) is 0 Å². The third kappa shape index (κ3) is 3.46. The van der Waals surface area contributed by atoms with E-state index in [2.05, 4.69) is 20.0 Å². The van der Waals surface area contributed by atoms with Gasteiger partial charge < -0.3 is 14.8 Å². The highest BCUT2D eigenvalue weighted by Gasteiger charge is 2.23. The van der Waals surface area contributed by atoms with Crippen LogP contribution < -0.4 is 5.32 Å². The van der Waals surface area contributed by atoms with Crippen molar-refractivity contribution in [2.75, 3.05) is 25.6 Å². The molecule has 19 heavy (non-hydrogen) atoms. The molecule has 0 spiro atoms. The van der Waals surface area contributed by atoms with Gasteiger partial charge in [-0.15, -0.1) is 0 Å². The molecule has 1 aliphatic rings. The summed E-state index contributed by atoms with van der Waals surface area (Å²) in [5, 5.41) is 3.10. The molecule has 1 aromatic rings. The number of ether oxygens (including phenoxy) is 2. The molecule has 0 aliphatic carbocycles. The van der Waals surface area contributed by atoms with Gasteiger partial charge in [0.25, 0.3) is 0 Å². The van der Waals surface area contributed by atoms with Crippen molar-refractivity contribution >= 4 is 35.0 Å². The Morgan fingerprint density at radius 2 is 2.05 bits per heavy atom. The molecule has 0 bridgehead atoms. The number of carbonyl (C=O) groups is 1. The maximum absolute atomic E-state index is 11.7. The van der Waals surface area contributed by atoms with Crippen LogP contribution in [0.1, 0.15) is 23.2 Å². The Labute approximate surface area is 120 Å². The number of aromatic nitrogens is 2. The first-order valence-corrected chi connectivity index (χ1v) is 6.53. The van der Waals surface area contributed by atoms with E-state index in [1.165, 1.54) is 7.11 Å². The molecule has 0 amide bonds. The second-order valence-electron chi connectivity index (χ2n) is 4.03. The highest BCUT2D eigenvalue weighted by molar-refractivity contribution is 6.34. The van der Waals surface area contributed by atoms with Gasteiger partial charge >= 0.3 is 5.97 Å². The lowest BCUT2D eigenvalue weighted by Crippen LogP contribution is -2.29.